The van der Waals surface area contributed by atoms with E-state index in [4.69, 9.17) is 4.74 Å². The Bertz CT molecular complexity index is 770. The Morgan fingerprint density at radius 1 is 1.16 bits per heavy atom. The number of hydrogen-bond acceptors (Lipinski definition) is 4. The van der Waals surface area contributed by atoms with Crippen molar-refractivity contribution in [3.63, 3.8) is 0 Å². The topological polar surface area (TPSA) is 78.5 Å². The van der Waals surface area contributed by atoms with Crippen molar-refractivity contribution in [3.05, 3.63) is 59.2 Å². The summed E-state index contributed by atoms with van der Waals surface area (Å²) in [5, 5.41) is 13.7. The summed E-state index contributed by atoms with van der Waals surface area (Å²) >= 11 is 0. The zero-order chi connectivity index (χ0) is 18.4. The number of rotatable bonds is 7. The summed E-state index contributed by atoms with van der Waals surface area (Å²) < 4.78 is 5.67. The fourth-order valence-electron chi connectivity index (χ4n) is 2.56. The van der Waals surface area contributed by atoms with Crippen LogP contribution in [0.1, 0.15) is 47.7 Å². The van der Waals surface area contributed by atoms with Gasteiger partial charge in [-0.25, -0.2) is 0 Å². The number of carboxylic acid groups (broad SMARTS) is 1. The summed E-state index contributed by atoms with van der Waals surface area (Å²) in [5.74, 6) is -0.599. The van der Waals surface area contributed by atoms with Crippen molar-refractivity contribution in [1.29, 1.82) is 0 Å². The van der Waals surface area contributed by atoms with Crippen LogP contribution in [0.15, 0.2) is 42.5 Å². The number of carbonyl (C=O) groups excluding carboxylic acids is 2. The lowest BCUT2D eigenvalue weighted by molar-refractivity contribution is -0.255. The van der Waals surface area contributed by atoms with E-state index in [1.165, 1.54) is 6.07 Å². The minimum absolute atomic E-state index is 0.0563. The van der Waals surface area contributed by atoms with Gasteiger partial charge in [0, 0.05) is 11.3 Å². The molecule has 0 spiro atoms. The predicted octanol–water partition coefficient (Wildman–Crippen LogP) is 2.89. The minimum atomic E-state index is -1.27. The van der Waals surface area contributed by atoms with Crippen LogP contribution in [0.3, 0.4) is 0 Å². The highest BCUT2D eigenvalue weighted by Gasteiger charge is 2.12. The molecule has 0 saturated heterocycles. The molecule has 5 heteroatoms. The molecule has 1 atom stereocenters. The highest BCUT2D eigenvalue weighted by Crippen LogP contribution is 2.28. The standard InChI is InChI=1S/C20H23NO4/c1-4-13(2)15-8-5-6-11-18(15)25-12-19(22)21-17-10-7-9-16(14(17)3)20(23)24/h5-11,13H,4,12H2,1-3H3,(H,21,22)(H,23,24)/p-1/t13-/m1/s1. The van der Waals surface area contributed by atoms with Gasteiger partial charge in [-0.1, -0.05) is 44.2 Å². The molecular weight excluding hydrogens is 318 g/mol. The van der Waals surface area contributed by atoms with Gasteiger partial charge in [0.2, 0.25) is 0 Å². The maximum Gasteiger partial charge on any atom is 0.262 e. The number of nitrogens with one attached hydrogen (secondary N) is 1. The Morgan fingerprint density at radius 2 is 1.88 bits per heavy atom. The third-order valence-corrected chi connectivity index (χ3v) is 4.25. The molecule has 0 bridgehead atoms. The number of carboxylic acids is 1. The van der Waals surface area contributed by atoms with Gasteiger partial charge in [0.1, 0.15) is 5.75 Å². The number of benzene rings is 2. The number of hydrogen-bond donors (Lipinski definition) is 1. The monoisotopic (exact) mass is 340 g/mol. The van der Waals surface area contributed by atoms with Crippen LogP contribution < -0.4 is 15.2 Å². The van der Waals surface area contributed by atoms with Gasteiger partial charge in [0.15, 0.2) is 6.61 Å². The highest BCUT2D eigenvalue weighted by molar-refractivity contribution is 5.96. The van der Waals surface area contributed by atoms with Gasteiger partial charge >= 0.3 is 0 Å². The Kier molecular flexibility index (Phi) is 6.17. The van der Waals surface area contributed by atoms with Crippen LogP contribution in [0.25, 0.3) is 0 Å². The van der Waals surface area contributed by atoms with E-state index in [9.17, 15) is 14.7 Å². The van der Waals surface area contributed by atoms with Crippen molar-refractivity contribution in [3.8, 4) is 5.75 Å². The number of aromatic carboxylic acids is 1. The maximum atomic E-state index is 12.2. The first kappa shape index (κ1) is 18.5. The van der Waals surface area contributed by atoms with E-state index in [0.717, 1.165) is 12.0 Å². The van der Waals surface area contributed by atoms with E-state index >= 15 is 0 Å². The summed E-state index contributed by atoms with van der Waals surface area (Å²) in [5.41, 5.74) is 2.01. The number of carbonyl (C=O) groups is 2. The van der Waals surface area contributed by atoms with E-state index in [1.54, 1.807) is 19.1 Å². The summed E-state index contributed by atoms with van der Waals surface area (Å²) in [7, 11) is 0. The molecule has 132 valence electrons. The quantitative estimate of drug-likeness (QED) is 0.840. The van der Waals surface area contributed by atoms with E-state index in [1.807, 2.05) is 24.3 Å². The Balaban J connectivity index is 2.05. The van der Waals surface area contributed by atoms with Gasteiger partial charge in [-0.05, 0) is 42.5 Å². The van der Waals surface area contributed by atoms with Crippen molar-refractivity contribution in [1.82, 2.24) is 0 Å². The van der Waals surface area contributed by atoms with Crippen molar-refractivity contribution in [2.45, 2.75) is 33.1 Å². The molecule has 0 aliphatic heterocycles. The van der Waals surface area contributed by atoms with Gasteiger partial charge in [-0.3, -0.25) is 4.79 Å². The Labute approximate surface area is 147 Å². The third kappa shape index (κ3) is 4.59. The zero-order valence-corrected chi connectivity index (χ0v) is 14.7. The second-order valence-corrected chi connectivity index (χ2v) is 5.95. The lowest BCUT2D eigenvalue weighted by atomic mass is 9.98. The molecule has 25 heavy (non-hydrogen) atoms. The third-order valence-electron chi connectivity index (χ3n) is 4.25. The van der Waals surface area contributed by atoms with Crippen LogP contribution in [0.4, 0.5) is 5.69 Å². The molecule has 0 saturated carbocycles. The lowest BCUT2D eigenvalue weighted by Crippen LogP contribution is -2.25. The van der Waals surface area contributed by atoms with Crippen LogP contribution in [0, 0.1) is 6.92 Å². The normalized spacial score (nSPS) is 11.6. The van der Waals surface area contributed by atoms with Crippen LogP contribution in [-0.2, 0) is 4.79 Å². The molecule has 0 aliphatic rings. The summed E-state index contributed by atoms with van der Waals surface area (Å²) in [6.07, 6.45) is 0.974. The van der Waals surface area contributed by atoms with Gasteiger partial charge in [0.25, 0.3) is 5.91 Å². The molecule has 1 amide bonds. The van der Waals surface area contributed by atoms with Crippen molar-refractivity contribution < 1.29 is 19.4 Å². The van der Waals surface area contributed by atoms with Crippen molar-refractivity contribution in [2.75, 3.05) is 11.9 Å². The minimum Gasteiger partial charge on any atom is -0.545 e. The smallest absolute Gasteiger partial charge is 0.262 e. The van der Waals surface area contributed by atoms with Gasteiger partial charge in [-0.2, -0.15) is 0 Å². The van der Waals surface area contributed by atoms with E-state index < -0.39 is 5.97 Å². The fraction of sp³-hybridized carbons (Fsp3) is 0.300. The molecule has 0 aromatic heterocycles. The predicted molar refractivity (Wildman–Crippen MR) is 94.8 cm³/mol. The number of amides is 1. The summed E-state index contributed by atoms with van der Waals surface area (Å²) in [6, 6.07) is 12.3. The maximum absolute atomic E-state index is 12.2. The fourth-order valence-corrected chi connectivity index (χ4v) is 2.56. The van der Waals surface area contributed by atoms with Crippen molar-refractivity contribution in [2.24, 2.45) is 0 Å². The lowest BCUT2D eigenvalue weighted by Gasteiger charge is -2.16. The molecule has 5 nitrogen and oxygen atoms in total. The summed E-state index contributed by atoms with van der Waals surface area (Å²) in [6.45, 7) is 5.68. The SMILES string of the molecule is CC[C@@H](C)c1ccccc1OCC(=O)Nc1cccc(C(=O)[O-])c1C. The van der Waals surface area contributed by atoms with Gasteiger partial charge < -0.3 is 20.0 Å². The average Bonchev–Trinajstić information content (AvgIpc) is 2.61. The molecule has 0 heterocycles. The molecule has 0 fully saturated rings. The largest absolute Gasteiger partial charge is 0.545 e. The summed E-state index contributed by atoms with van der Waals surface area (Å²) in [4.78, 5) is 23.2. The van der Waals surface area contributed by atoms with Crippen LogP contribution in [0.2, 0.25) is 0 Å². The first-order chi connectivity index (χ1) is 11.9. The van der Waals surface area contributed by atoms with E-state index in [2.05, 4.69) is 19.2 Å². The molecule has 0 aliphatic carbocycles. The molecule has 1 N–H and O–H groups in total. The average molecular weight is 340 g/mol. The van der Waals surface area contributed by atoms with Gasteiger partial charge in [-0.15, -0.1) is 0 Å². The molecule has 0 radical (unpaired) electrons. The molecule has 0 unspecified atom stereocenters. The van der Waals surface area contributed by atoms with Crippen LogP contribution >= 0.6 is 0 Å². The molecule has 2 rings (SSSR count). The highest BCUT2D eigenvalue weighted by atomic mass is 16.5. The first-order valence-electron chi connectivity index (χ1n) is 8.26. The van der Waals surface area contributed by atoms with Crippen molar-refractivity contribution >= 4 is 17.6 Å². The molecule has 2 aromatic carbocycles. The molecule has 2 aromatic rings. The van der Waals surface area contributed by atoms with E-state index in [0.29, 0.717) is 22.9 Å². The second-order valence-electron chi connectivity index (χ2n) is 5.95. The number of para-hydroxylation sites is 1. The van der Waals surface area contributed by atoms with Crippen LogP contribution in [-0.4, -0.2) is 18.5 Å². The first-order valence-corrected chi connectivity index (χ1v) is 8.26. The molecular formula is C20H22NO4-. The zero-order valence-electron chi connectivity index (χ0n) is 14.7. The number of anilines is 1. The Morgan fingerprint density at radius 3 is 2.56 bits per heavy atom. The van der Waals surface area contributed by atoms with E-state index in [-0.39, 0.29) is 18.1 Å². The Hall–Kier alpha value is -2.82. The van der Waals surface area contributed by atoms with Gasteiger partial charge in [0.05, 0.1) is 5.97 Å². The van der Waals surface area contributed by atoms with Crippen LogP contribution in [0.5, 0.6) is 5.75 Å². The second kappa shape index (κ2) is 8.33. The number of ether oxygens (including phenoxy) is 1.